The highest BCUT2D eigenvalue weighted by atomic mass is 127. The number of benzene rings is 1. The molecule has 4 nitrogen and oxygen atoms in total. The number of carbonyl (C=O) groups excluding carboxylic acids is 1. The first-order chi connectivity index (χ1) is 16.7. The van der Waals surface area contributed by atoms with E-state index in [0.717, 1.165) is 44.9 Å². The Balaban J connectivity index is 1.49. The summed E-state index contributed by atoms with van der Waals surface area (Å²) in [7, 11) is 0. The van der Waals surface area contributed by atoms with E-state index in [4.69, 9.17) is 9.47 Å². The van der Waals surface area contributed by atoms with Crippen LogP contribution in [0.3, 0.4) is 0 Å². The number of ether oxygens (including phenoxy) is 2. The van der Waals surface area contributed by atoms with Gasteiger partial charge in [-0.15, -0.1) is 0 Å². The van der Waals surface area contributed by atoms with Crippen LogP contribution in [0, 0.1) is 32.7 Å². The fourth-order valence-electron chi connectivity index (χ4n) is 9.39. The molecule has 1 saturated heterocycles. The quantitative estimate of drug-likeness (QED) is 0.327. The third-order valence-electron chi connectivity index (χ3n) is 10.6. The van der Waals surface area contributed by atoms with Crippen molar-refractivity contribution in [3.8, 4) is 0 Å². The number of halogens is 1. The Hall–Kier alpha value is -0.760. The molecule has 3 unspecified atom stereocenters. The lowest BCUT2D eigenvalue weighted by Gasteiger charge is -2.56. The number of hydrogen-bond donors (Lipinski definition) is 1. The van der Waals surface area contributed by atoms with Crippen molar-refractivity contribution in [3.05, 3.63) is 44.5 Å². The summed E-state index contributed by atoms with van der Waals surface area (Å²) in [5, 5.41) is 12.1. The van der Waals surface area contributed by atoms with Gasteiger partial charge in [0.25, 0.3) is 0 Å². The van der Waals surface area contributed by atoms with E-state index in [1.165, 1.54) is 20.3 Å². The maximum absolute atomic E-state index is 13.1. The van der Waals surface area contributed by atoms with Crippen LogP contribution in [-0.4, -0.2) is 35.5 Å². The van der Waals surface area contributed by atoms with Crippen LogP contribution >= 0.6 is 22.6 Å². The number of Topliss-reactive ketones (excluding diaryl/α,β-unsaturated/α-hetero) is 1. The van der Waals surface area contributed by atoms with Gasteiger partial charge in [0.2, 0.25) is 0 Å². The van der Waals surface area contributed by atoms with Crippen LogP contribution in [0.2, 0.25) is 0 Å². The number of rotatable bonds is 3. The molecule has 7 atom stereocenters. The molecule has 0 amide bonds. The fraction of sp³-hybridized carbons (Fsp3) is 0.700. The van der Waals surface area contributed by atoms with Crippen LogP contribution in [0.25, 0.3) is 0 Å². The van der Waals surface area contributed by atoms with Crippen molar-refractivity contribution in [3.63, 3.8) is 0 Å². The van der Waals surface area contributed by atoms with Gasteiger partial charge in [-0.1, -0.05) is 38.0 Å². The molecule has 190 valence electrons. The van der Waals surface area contributed by atoms with Gasteiger partial charge in [-0.25, -0.2) is 0 Å². The summed E-state index contributed by atoms with van der Waals surface area (Å²) in [5.74, 6) is 1.62. The van der Waals surface area contributed by atoms with E-state index in [0.29, 0.717) is 43.2 Å². The summed E-state index contributed by atoms with van der Waals surface area (Å²) in [6.07, 6.45) is 7.22. The van der Waals surface area contributed by atoms with Crippen molar-refractivity contribution < 1.29 is 19.4 Å². The van der Waals surface area contributed by atoms with Gasteiger partial charge < -0.3 is 14.6 Å². The predicted molar refractivity (Wildman–Crippen MR) is 144 cm³/mol. The zero-order chi connectivity index (χ0) is 24.6. The summed E-state index contributed by atoms with van der Waals surface area (Å²) in [4.78, 5) is 13.1. The van der Waals surface area contributed by atoms with Gasteiger partial charge in [0, 0.05) is 28.2 Å². The molecule has 1 aromatic carbocycles. The van der Waals surface area contributed by atoms with Crippen LogP contribution in [0.4, 0.5) is 0 Å². The molecule has 35 heavy (non-hydrogen) atoms. The third-order valence-corrected chi connectivity index (χ3v) is 11.4. The normalized spacial score (nSPS) is 42.0. The number of carbonyl (C=O) groups is 1. The number of aliphatic hydroxyl groups is 1. The van der Waals surface area contributed by atoms with Crippen molar-refractivity contribution in [2.24, 2.45) is 29.1 Å². The van der Waals surface area contributed by atoms with E-state index in [1.807, 2.05) is 6.92 Å². The standard InChI is InChI=1S/C30H39IO4/c1-4-19-15-25-22-9-11-29(33)17-30(34-13-14-35-30)12-10-24(29)26(22)23(20-5-7-21(31)8-6-20)16-28(25,3)27(19)18(2)32/h5-8,19,22-23,25,27,33H,4,9-17H2,1-3H3/t19-,22?,23-,25?,27?,28+,29-/m1/s1. The highest BCUT2D eigenvalue weighted by Gasteiger charge is 2.63. The topological polar surface area (TPSA) is 55.8 Å². The molecule has 1 aromatic rings. The second-order valence-electron chi connectivity index (χ2n) is 12.3. The molecule has 5 heteroatoms. The van der Waals surface area contributed by atoms with Gasteiger partial charge >= 0.3 is 0 Å². The molecule has 5 aliphatic rings. The average molecular weight is 591 g/mol. The van der Waals surface area contributed by atoms with Crippen LogP contribution in [0.15, 0.2) is 35.4 Å². The summed E-state index contributed by atoms with van der Waals surface area (Å²) < 4.78 is 13.4. The molecule has 0 aromatic heterocycles. The van der Waals surface area contributed by atoms with E-state index in [1.54, 1.807) is 0 Å². The van der Waals surface area contributed by atoms with Crippen molar-refractivity contribution in [1.29, 1.82) is 0 Å². The molecule has 6 rings (SSSR count). The summed E-state index contributed by atoms with van der Waals surface area (Å²) in [5.41, 5.74) is 3.31. The van der Waals surface area contributed by atoms with Crippen molar-refractivity contribution in [2.75, 3.05) is 13.2 Å². The third kappa shape index (κ3) is 3.73. The number of ketones is 1. The second-order valence-corrected chi connectivity index (χ2v) is 13.6. The Morgan fingerprint density at radius 1 is 1.17 bits per heavy atom. The Labute approximate surface area is 223 Å². The molecule has 0 radical (unpaired) electrons. The lowest BCUT2D eigenvalue weighted by Crippen LogP contribution is -2.53. The molecule has 4 aliphatic carbocycles. The van der Waals surface area contributed by atoms with Crippen LogP contribution < -0.4 is 0 Å². The van der Waals surface area contributed by atoms with E-state index in [-0.39, 0.29) is 17.3 Å². The minimum Gasteiger partial charge on any atom is -0.385 e. The smallest absolute Gasteiger partial charge is 0.171 e. The number of fused-ring (bicyclic) bond motifs is 4. The van der Waals surface area contributed by atoms with E-state index in [9.17, 15) is 9.90 Å². The number of hydrogen-bond acceptors (Lipinski definition) is 4. The average Bonchev–Trinajstić information content (AvgIpc) is 3.39. The zero-order valence-corrected chi connectivity index (χ0v) is 23.5. The molecule has 4 fully saturated rings. The molecular weight excluding hydrogens is 551 g/mol. The van der Waals surface area contributed by atoms with Crippen molar-refractivity contribution in [1.82, 2.24) is 0 Å². The minimum absolute atomic E-state index is 0.0118. The second kappa shape index (κ2) is 8.64. The van der Waals surface area contributed by atoms with Gasteiger partial charge in [-0.3, -0.25) is 4.79 Å². The largest absolute Gasteiger partial charge is 0.385 e. The molecule has 1 N–H and O–H groups in total. The molecule has 1 aliphatic heterocycles. The van der Waals surface area contributed by atoms with Crippen molar-refractivity contribution >= 4 is 28.4 Å². The van der Waals surface area contributed by atoms with Crippen molar-refractivity contribution in [2.45, 2.75) is 89.4 Å². The van der Waals surface area contributed by atoms with Crippen LogP contribution in [-0.2, 0) is 14.3 Å². The van der Waals surface area contributed by atoms with E-state index < -0.39 is 11.4 Å². The molecule has 1 spiro atoms. The minimum atomic E-state index is -0.841. The molecular formula is C30H39IO4. The van der Waals surface area contributed by atoms with E-state index >= 15 is 0 Å². The number of allylic oxidation sites excluding steroid dienone is 1. The maximum Gasteiger partial charge on any atom is 0.171 e. The first-order valence-electron chi connectivity index (χ1n) is 13.7. The Morgan fingerprint density at radius 2 is 1.89 bits per heavy atom. The molecule has 0 bridgehead atoms. The Bertz CT molecular complexity index is 1040. The van der Waals surface area contributed by atoms with Gasteiger partial charge in [0.05, 0.1) is 18.8 Å². The van der Waals surface area contributed by atoms with Gasteiger partial charge in [-0.05, 0) is 108 Å². The lowest BCUT2D eigenvalue weighted by molar-refractivity contribution is -0.208. The van der Waals surface area contributed by atoms with Gasteiger partial charge in [0.15, 0.2) is 5.79 Å². The molecule has 1 heterocycles. The predicted octanol–water partition coefficient (Wildman–Crippen LogP) is 6.40. The highest BCUT2D eigenvalue weighted by Crippen LogP contribution is 2.68. The fourth-order valence-corrected chi connectivity index (χ4v) is 9.75. The van der Waals surface area contributed by atoms with Crippen LogP contribution in [0.1, 0.15) is 83.6 Å². The zero-order valence-electron chi connectivity index (χ0n) is 21.3. The van der Waals surface area contributed by atoms with E-state index in [2.05, 4.69) is 60.7 Å². The van der Waals surface area contributed by atoms with Gasteiger partial charge in [0.1, 0.15) is 5.78 Å². The first-order valence-corrected chi connectivity index (χ1v) is 14.8. The lowest BCUT2D eigenvalue weighted by atomic mass is 9.50. The SMILES string of the molecule is CC[C@@H]1CC2C3CC[C@@]4(O)CC5(CCC4=C3[C@@H](c3ccc(I)cc3)C[C@]2(C)C1C(C)=O)OCCO5. The van der Waals surface area contributed by atoms with Gasteiger partial charge in [-0.2, -0.15) is 0 Å². The highest BCUT2D eigenvalue weighted by molar-refractivity contribution is 14.1. The Kier molecular flexibility index (Phi) is 6.06. The molecule has 3 saturated carbocycles. The maximum atomic E-state index is 13.1. The van der Waals surface area contributed by atoms with Crippen LogP contribution in [0.5, 0.6) is 0 Å². The first kappa shape index (κ1) is 24.6. The summed E-state index contributed by atoms with van der Waals surface area (Å²) in [6, 6.07) is 9.00. The monoisotopic (exact) mass is 590 g/mol. The summed E-state index contributed by atoms with van der Waals surface area (Å²) in [6.45, 7) is 7.77. The Morgan fingerprint density at radius 3 is 2.54 bits per heavy atom. The summed E-state index contributed by atoms with van der Waals surface area (Å²) >= 11 is 2.38.